The molecular formula is C15H17FN2OS. The lowest BCUT2D eigenvalue weighted by molar-refractivity contribution is 0.562. The van der Waals surface area contributed by atoms with Gasteiger partial charge in [0.2, 0.25) is 0 Å². The molecule has 0 unspecified atom stereocenters. The summed E-state index contributed by atoms with van der Waals surface area (Å²) in [4.78, 5) is 19.8. The SMILES string of the molecule is CC(C)(C)c1cc(=O)[nH]c(CSc2ccc(F)cc2)n1. The van der Waals surface area contributed by atoms with Gasteiger partial charge in [-0.1, -0.05) is 20.8 Å². The average molecular weight is 292 g/mol. The van der Waals surface area contributed by atoms with Gasteiger partial charge in [-0.15, -0.1) is 11.8 Å². The molecule has 2 rings (SSSR count). The lowest BCUT2D eigenvalue weighted by Gasteiger charge is -2.17. The molecule has 1 N–H and O–H groups in total. The number of benzene rings is 1. The van der Waals surface area contributed by atoms with Gasteiger partial charge in [0, 0.05) is 16.4 Å². The quantitative estimate of drug-likeness (QED) is 0.881. The van der Waals surface area contributed by atoms with Crippen molar-refractivity contribution in [3.05, 3.63) is 58.0 Å². The van der Waals surface area contributed by atoms with Crippen molar-refractivity contribution in [3.63, 3.8) is 0 Å². The molecule has 1 aromatic heterocycles. The fourth-order valence-corrected chi connectivity index (χ4v) is 2.41. The summed E-state index contributed by atoms with van der Waals surface area (Å²) >= 11 is 1.51. The summed E-state index contributed by atoms with van der Waals surface area (Å²) < 4.78 is 12.8. The molecule has 3 nitrogen and oxygen atoms in total. The van der Waals surface area contributed by atoms with E-state index in [0.717, 1.165) is 10.6 Å². The maximum Gasteiger partial charge on any atom is 0.251 e. The highest BCUT2D eigenvalue weighted by Crippen LogP contribution is 2.23. The molecule has 0 radical (unpaired) electrons. The zero-order chi connectivity index (χ0) is 14.8. The first-order valence-electron chi connectivity index (χ1n) is 6.34. The second-order valence-corrected chi connectivity index (χ2v) is 6.62. The molecule has 0 saturated heterocycles. The van der Waals surface area contributed by atoms with Gasteiger partial charge in [0.25, 0.3) is 5.56 Å². The third-order valence-corrected chi connectivity index (χ3v) is 3.77. The summed E-state index contributed by atoms with van der Waals surface area (Å²) in [6.45, 7) is 6.06. The second-order valence-electron chi connectivity index (χ2n) is 5.57. The molecular weight excluding hydrogens is 275 g/mol. The fraction of sp³-hybridized carbons (Fsp3) is 0.333. The van der Waals surface area contributed by atoms with Crippen molar-refractivity contribution in [2.24, 2.45) is 0 Å². The van der Waals surface area contributed by atoms with Crippen LogP contribution in [0.3, 0.4) is 0 Å². The van der Waals surface area contributed by atoms with Gasteiger partial charge in [0.1, 0.15) is 11.6 Å². The third-order valence-electron chi connectivity index (χ3n) is 2.75. The van der Waals surface area contributed by atoms with E-state index in [1.165, 1.54) is 30.0 Å². The molecule has 106 valence electrons. The van der Waals surface area contributed by atoms with Crippen LogP contribution < -0.4 is 5.56 Å². The van der Waals surface area contributed by atoms with E-state index in [1.807, 2.05) is 20.8 Å². The van der Waals surface area contributed by atoms with E-state index in [2.05, 4.69) is 9.97 Å². The Morgan fingerprint density at radius 3 is 2.50 bits per heavy atom. The van der Waals surface area contributed by atoms with E-state index in [9.17, 15) is 9.18 Å². The summed E-state index contributed by atoms with van der Waals surface area (Å²) in [5.74, 6) is 0.928. The highest BCUT2D eigenvalue weighted by Gasteiger charge is 2.17. The van der Waals surface area contributed by atoms with Gasteiger partial charge in [-0.25, -0.2) is 9.37 Å². The monoisotopic (exact) mass is 292 g/mol. The first-order valence-corrected chi connectivity index (χ1v) is 7.32. The lowest BCUT2D eigenvalue weighted by Crippen LogP contribution is -2.20. The van der Waals surface area contributed by atoms with E-state index >= 15 is 0 Å². The molecule has 0 bridgehead atoms. The van der Waals surface area contributed by atoms with Crippen molar-refractivity contribution in [1.29, 1.82) is 0 Å². The van der Waals surface area contributed by atoms with Crippen molar-refractivity contribution in [2.75, 3.05) is 0 Å². The molecule has 2 aromatic rings. The van der Waals surface area contributed by atoms with Crippen molar-refractivity contribution < 1.29 is 4.39 Å². The smallest absolute Gasteiger partial charge is 0.251 e. The van der Waals surface area contributed by atoms with Crippen molar-refractivity contribution >= 4 is 11.8 Å². The Morgan fingerprint density at radius 1 is 1.25 bits per heavy atom. The third kappa shape index (κ3) is 3.93. The summed E-state index contributed by atoms with van der Waals surface area (Å²) in [5, 5.41) is 0. The molecule has 20 heavy (non-hydrogen) atoms. The topological polar surface area (TPSA) is 45.8 Å². The predicted molar refractivity (Wildman–Crippen MR) is 79.5 cm³/mol. The van der Waals surface area contributed by atoms with Crippen LogP contribution in [0.15, 0.2) is 40.0 Å². The van der Waals surface area contributed by atoms with Gasteiger partial charge >= 0.3 is 0 Å². The number of halogens is 1. The number of rotatable bonds is 3. The number of thioether (sulfide) groups is 1. The Balaban J connectivity index is 2.15. The van der Waals surface area contributed by atoms with Crippen LogP contribution in [-0.2, 0) is 11.2 Å². The molecule has 0 atom stereocenters. The Hall–Kier alpha value is -1.62. The number of H-pyrrole nitrogens is 1. The number of nitrogens with one attached hydrogen (secondary N) is 1. The minimum atomic E-state index is -0.254. The molecule has 0 fully saturated rings. The fourth-order valence-electron chi connectivity index (χ4n) is 1.64. The van der Waals surface area contributed by atoms with Gasteiger partial charge in [-0.05, 0) is 24.3 Å². The Labute approximate surface area is 121 Å². The highest BCUT2D eigenvalue weighted by molar-refractivity contribution is 7.98. The minimum absolute atomic E-state index is 0.139. The van der Waals surface area contributed by atoms with Crippen LogP contribution in [0.25, 0.3) is 0 Å². The second kappa shape index (κ2) is 5.79. The van der Waals surface area contributed by atoms with Gasteiger partial charge < -0.3 is 4.98 Å². The number of aromatic amines is 1. The van der Waals surface area contributed by atoms with Crippen LogP contribution in [0.1, 0.15) is 32.3 Å². The molecule has 5 heteroatoms. The van der Waals surface area contributed by atoms with Gasteiger partial charge in [0.15, 0.2) is 0 Å². The summed E-state index contributed by atoms with van der Waals surface area (Å²) in [6.07, 6.45) is 0. The van der Waals surface area contributed by atoms with Crippen LogP contribution in [0.2, 0.25) is 0 Å². The van der Waals surface area contributed by atoms with Gasteiger partial charge in [-0.2, -0.15) is 0 Å². The molecule has 0 amide bonds. The molecule has 0 aliphatic carbocycles. The maximum atomic E-state index is 12.8. The summed E-state index contributed by atoms with van der Waals surface area (Å²) in [7, 11) is 0. The summed E-state index contributed by atoms with van der Waals surface area (Å²) in [5.41, 5.74) is 0.472. The van der Waals surface area contributed by atoms with E-state index in [4.69, 9.17) is 0 Å². The van der Waals surface area contributed by atoms with Crippen LogP contribution in [-0.4, -0.2) is 9.97 Å². The molecule has 0 aliphatic heterocycles. The van der Waals surface area contributed by atoms with E-state index in [1.54, 1.807) is 12.1 Å². The van der Waals surface area contributed by atoms with E-state index < -0.39 is 0 Å². The number of hydrogen-bond acceptors (Lipinski definition) is 3. The molecule has 0 spiro atoms. The highest BCUT2D eigenvalue weighted by atomic mass is 32.2. The molecule has 0 saturated carbocycles. The minimum Gasteiger partial charge on any atom is -0.310 e. The van der Waals surface area contributed by atoms with Crippen molar-refractivity contribution in [2.45, 2.75) is 36.8 Å². The molecule has 1 aromatic carbocycles. The first kappa shape index (κ1) is 14.8. The van der Waals surface area contributed by atoms with Crippen molar-refractivity contribution in [3.8, 4) is 0 Å². The number of hydrogen-bond donors (Lipinski definition) is 1. The zero-order valence-electron chi connectivity index (χ0n) is 11.7. The Morgan fingerprint density at radius 2 is 1.90 bits per heavy atom. The first-order chi connectivity index (χ1) is 9.34. The maximum absolute atomic E-state index is 12.8. The normalized spacial score (nSPS) is 11.6. The number of aromatic nitrogens is 2. The van der Waals surface area contributed by atoms with E-state index in [-0.39, 0.29) is 16.8 Å². The lowest BCUT2D eigenvalue weighted by atomic mass is 9.92. The van der Waals surface area contributed by atoms with Gasteiger partial charge in [-0.3, -0.25) is 4.79 Å². The van der Waals surface area contributed by atoms with Crippen LogP contribution in [0.4, 0.5) is 4.39 Å². The van der Waals surface area contributed by atoms with Crippen LogP contribution >= 0.6 is 11.8 Å². The average Bonchev–Trinajstić information content (AvgIpc) is 2.36. The van der Waals surface area contributed by atoms with Crippen molar-refractivity contribution in [1.82, 2.24) is 9.97 Å². The standard InChI is InChI=1S/C15H17FN2OS/c1-15(2,3)12-8-14(19)18-13(17-12)9-20-11-6-4-10(16)5-7-11/h4-8H,9H2,1-3H3,(H,17,18,19). The van der Waals surface area contributed by atoms with Gasteiger partial charge in [0.05, 0.1) is 11.4 Å². The molecule has 0 aliphatic rings. The zero-order valence-corrected chi connectivity index (χ0v) is 12.6. The Bertz CT molecular complexity index is 644. The van der Waals surface area contributed by atoms with Crippen LogP contribution in [0, 0.1) is 5.82 Å². The molecule has 1 heterocycles. The number of nitrogens with zero attached hydrogens (tertiary/aromatic N) is 1. The Kier molecular flexibility index (Phi) is 4.28. The predicted octanol–water partition coefficient (Wildman–Crippen LogP) is 3.50. The van der Waals surface area contributed by atoms with Crippen LogP contribution in [0.5, 0.6) is 0 Å². The summed E-state index contributed by atoms with van der Waals surface area (Å²) in [6, 6.07) is 7.80. The van der Waals surface area contributed by atoms with E-state index in [0.29, 0.717) is 11.6 Å². The largest absolute Gasteiger partial charge is 0.310 e.